The molecule has 0 radical (unpaired) electrons. The normalized spacial score (nSPS) is 29.8. The lowest BCUT2D eigenvalue weighted by molar-refractivity contribution is -0.119. The number of rotatable bonds is 2. The molecule has 1 saturated carbocycles. The van der Waals surface area contributed by atoms with Crippen molar-refractivity contribution in [3.63, 3.8) is 0 Å². The highest BCUT2D eigenvalue weighted by Crippen LogP contribution is 2.16. The molecule has 0 aromatic heterocycles. The van der Waals surface area contributed by atoms with Crippen molar-refractivity contribution < 1.29 is 4.79 Å². The number of halogens is 1. The molecule has 0 spiro atoms. The van der Waals surface area contributed by atoms with Gasteiger partial charge >= 0.3 is 0 Å². The van der Waals surface area contributed by atoms with Gasteiger partial charge in [-0.25, -0.2) is 0 Å². The molecule has 1 amide bonds. The lowest BCUT2D eigenvalue weighted by atomic mass is 9.91. The van der Waals surface area contributed by atoms with E-state index >= 15 is 0 Å². The van der Waals surface area contributed by atoms with Crippen LogP contribution in [0.15, 0.2) is 0 Å². The summed E-state index contributed by atoms with van der Waals surface area (Å²) in [6, 6.07) is 0.260. The molecular formula is C8H15ClN2O. The zero-order valence-electron chi connectivity index (χ0n) is 7.05. The van der Waals surface area contributed by atoms with Crippen LogP contribution in [-0.2, 0) is 4.79 Å². The van der Waals surface area contributed by atoms with Crippen molar-refractivity contribution in [1.82, 2.24) is 5.32 Å². The van der Waals surface area contributed by atoms with Crippen molar-refractivity contribution in [2.24, 2.45) is 5.73 Å². The van der Waals surface area contributed by atoms with Crippen LogP contribution in [0.1, 0.15) is 25.7 Å². The maximum absolute atomic E-state index is 10.9. The molecule has 0 aromatic carbocycles. The minimum atomic E-state index is -0.112. The van der Waals surface area contributed by atoms with Gasteiger partial charge in [-0.3, -0.25) is 4.79 Å². The van der Waals surface area contributed by atoms with Gasteiger partial charge in [-0.1, -0.05) is 12.8 Å². The molecule has 0 bridgehead atoms. The molecule has 1 aliphatic rings. The van der Waals surface area contributed by atoms with Crippen molar-refractivity contribution in [2.75, 3.05) is 5.88 Å². The average molecular weight is 191 g/mol. The molecule has 2 atom stereocenters. The van der Waals surface area contributed by atoms with E-state index in [2.05, 4.69) is 5.32 Å². The summed E-state index contributed by atoms with van der Waals surface area (Å²) in [5.41, 5.74) is 5.82. The third-order valence-corrected chi connectivity index (χ3v) is 2.53. The van der Waals surface area contributed by atoms with E-state index in [4.69, 9.17) is 17.3 Å². The van der Waals surface area contributed by atoms with Crippen LogP contribution < -0.4 is 11.1 Å². The Labute approximate surface area is 77.6 Å². The van der Waals surface area contributed by atoms with E-state index in [1.807, 2.05) is 0 Å². The number of nitrogens with two attached hydrogens (primary N) is 1. The summed E-state index contributed by atoms with van der Waals surface area (Å²) >= 11 is 5.37. The molecular weight excluding hydrogens is 176 g/mol. The highest BCUT2D eigenvalue weighted by Gasteiger charge is 2.22. The average Bonchev–Trinajstić information content (AvgIpc) is 2.09. The number of carbonyl (C=O) groups is 1. The van der Waals surface area contributed by atoms with Crippen LogP contribution in [-0.4, -0.2) is 23.9 Å². The Hall–Kier alpha value is -0.280. The van der Waals surface area contributed by atoms with Crippen molar-refractivity contribution >= 4 is 17.5 Å². The summed E-state index contributed by atoms with van der Waals surface area (Å²) in [4.78, 5) is 10.9. The molecule has 0 aromatic rings. The van der Waals surface area contributed by atoms with E-state index in [9.17, 15) is 4.79 Å². The lowest BCUT2D eigenvalue weighted by Gasteiger charge is -2.28. The Kier molecular flexibility index (Phi) is 3.82. The smallest absolute Gasteiger partial charge is 0.235 e. The van der Waals surface area contributed by atoms with Crippen LogP contribution in [0, 0.1) is 0 Å². The number of carbonyl (C=O) groups excluding carboxylic acids is 1. The third-order valence-electron chi connectivity index (χ3n) is 2.29. The first kappa shape index (κ1) is 9.81. The molecule has 4 heteroatoms. The van der Waals surface area contributed by atoms with Gasteiger partial charge in [0.2, 0.25) is 5.91 Å². The fourth-order valence-electron chi connectivity index (χ4n) is 1.58. The molecule has 0 unspecified atom stereocenters. The number of nitrogens with one attached hydrogen (secondary N) is 1. The quantitative estimate of drug-likeness (QED) is 0.627. The number of alkyl halides is 1. The van der Waals surface area contributed by atoms with Crippen LogP contribution in [0.4, 0.5) is 0 Å². The van der Waals surface area contributed by atoms with Gasteiger partial charge in [0.1, 0.15) is 5.88 Å². The summed E-state index contributed by atoms with van der Waals surface area (Å²) in [6.07, 6.45) is 4.33. The van der Waals surface area contributed by atoms with Crippen molar-refractivity contribution in [2.45, 2.75) is 37.8 Å². The summed E-state index contributed by atoms with van der Waals surface area (Å²) in [5, 5.41) is 2.82. The van der Waals surface area contributed by atoms with Crippen LogP contribution in [0.2, 0.25) is 0 Å². The van der Waals surface area contributed by atoms with E-state index in [1.54, 1.807) is 0 Å². The van der Waals surface area contributed by atoms with Crippen LogP contribution >= 0.6 is 11.6 Å². The Balaban J connectivity index is 2.33. The van der Waals surface area contributed by atoms with Crippen LogP contribution in [0.5, 0.6) is 0 Å². The van der Waals surface area contributed by atoms with Crippen molar-refractivity contribution in [3.8, 4) is 0 Å². The maximum Gasteiger partial charge on any atom is 0.235 e. The number of hydrogen-bond acceptors (Lipinski definition) is 2. The summed E-state index contributed by atoms with van der Waals surface area (Å²) in [6.45, 7) is 0. The zero-order valence-corrected chi connectivity index (χ0v) is 7.81. The fourth-order valence-corrected chi connectivity index (χ4v) is 1.66. The molecule has 70 valence electrons. The molecule has 0 aliphatic heterocycles. The number of amides is 1. The SMILES string of the molecule is N[C@@H]1CCCC[C@H]1NC(=O)CCl. The van der Waals surface area contributed by atoms with Crippen LogP contribution in [0.25, 0.3) is 0 Å². The van der Waals surface area contributed by atoms with E-state index in [1.165, 1.54) is 6.42 Å². The van der Waals surface area contributed by atoms with Crippen LogP contribution in [0.3, 0.4) is 0 Å². The summed E-state index contributed by atoms with van der Waals surface area (Å²) in [5.74, 6) is -0.0810. The zero-order chi connectivity index (χ0) is 8.97. The Morgan fingerprint density at radius 3 is 2.75 bits per heavy atom. The van der Waals surface area contributed by atoms with E-state index < -0.39 is 0 Å². The van der Waals surface area contributed by atoms with Gasteiger partial charge in [-0.05, 0) is 12.8 Å². The fraction of sp³-hybridized carbons (Fsp3) is 0.875. The highest BCUT2D eigenvalue weighted by molar-refractivity contribution is 6.27. The second-order valence-corrected chi connectivity index (χ2v) is 3.52. The van der Waals surface area contributed by atoms with E-state index in [-0.39, 0.29) is 23.9 Å². The second kappa shape index (κ2) is 4.67. The summed E-state index contributed by atoms with van der Waals surface area (Å²) < 4.78 is 0. The first-order valence-corrected chi connectivity index (χ1v) is 4.88. The van der Waals surface area contributed by atoms with Gasteiger partial charge in [-0.2, -0.15) is 0 Å². The second-order valence-electron chi connectivity index (χ2n) is 3.26. The minimum Gasteiger partial charge on any atom is -0.351 e. The largest absolute Gasteiger partial charge is 0.351 e. The van der Waals surface area contributed by atoms with Gasteiger partial charge in [0.15, 0.2) is 0 Å². The molecule has 3 N–H and O–H groups in total. The van der Waals surface area contributed by atoms with E-state index in [0.717, 1.165) is 19.3 Å². The Morgan fingerprint density at radius 1 is 1.50 bits per heavy atom. The first-order valence-electron chi connectivity index (χ1n) is 4.35. The molecule has 1 rings (SSSR count). The Bertz CT molecular complexity index is 163. The standard InChI is InChI=1S/C8H15ClN2O/c9-5-8(12)11-7-4-2-1-3-6(7)10/h6-7H,1-5,10H2,(H,11,12)/t6-,7-/m1/s1. The van der Waals surface area contributed by atoms with Gasteiger partial charge in [0, 0.05) is 12.1 Å². The molecule has 0 heterocycles. The lowest BCUT2D eigenvalue weighted by Crippen LogP contribution is -2.49. The topological polar surface area (TPSA) is 55.1 Å². The van der Waals surface area contributed by atoms with Crippen molar-refractivity contribution in [1.29, 1.82) is 0 Å². The monoisotopic (exact) mass is 190 g/mol. The predicted octanol–water partition coefficient (Wildman–Crippen LogP) is 0.611. The molecule has 3 nitrogen and oxygen atoms in total. The highest BCUT2D eigenvalue weighted by atomic mass is 35.5. The van der Waals surface area contributed by atoms with Crippen molar-refractivity contribution in [3.05, 3.63) is 0 Å². The molecule has 1 fully saturated rings. The molecule has 1 aliphatic carbocycles. The van der Waals surface area contributed by atoms with E-state index in [0.29, 0.717) is 0 Å². The molecule has 0 saturated heterocycles. The van der Waals surface area contributed by atoms with Gasteiger partial charge in [-0.15, -0.1) is 11.6 Å². The Morgan fingerprint density at radius 2 is 2.17 bits per heavy atom. The van der Waals surface area contributed by atoms with Gasteiger partial charge in [0.25, 0.3) is 0 Å². The molecule has 12 heavy (non-hydrogen) atoms. The minimum absolute atomic E-state index is 0.0310. The summed E-state index contributed by atoms with van der Waals surface area (Å²) in [7, 11) is 0. The predicted molar refractivity (Wildman–Crippen MR) is 49.1 cm³/mol. The third kappa shape index (κ3) is 2.64. The van der Waals surface area contributed by atoms with Gasteiger partial charge in [0.05, 0.1) is 0 Å². The first-order chi connectivity index (χ1) is 5.74. The maximum atomic E-state index is 10.9. The number of hydrogen-bond donors (Lipinski definition) is 2. The van der Waals surface area contributed by atoms with Gasteiger partial charge < -0.3 is 11.1 Å².